The van der Waals surface area contributed by atoms with Crippen LogP contribution in [0.3, 0.4) is 0 Å². The Hall–Kier alpha value is -2.97. The van der Waals surface area contributed by atoms with Crippen molar-refractivity contribution >= 4 is 16.9 Å². The molecule has 7 nitrogen and oxygen atoms in total. The molecule has 0 aliphatic rings. The third kappa shape index (κ3) is 6.00. The molecule has 1 unspecified atom stereocenters. The molecule has 152 valence electrons. The maximum atomic E-state index is 11.1. The third-order valence-electron chi connectivity index (χ3n) is 4.26. The van der Waals surface area contributed by atoms with Crippen LogP contribution in [0, 0.1) is 0 Å². The fraction of sp³-hybridized carbons (Fsp3) is 0.238. The second-order valence-corrected chi connectivity index (χ2v) is 7.16. The minimum Gasteiger partial charge on any atom is -0.772 e. The number of ether oxygens (including phenoxy) is 2. The van der Waals surface area contributed by atoms with Crippen molar-refractivity contribution in [2.75, 3.05) is 26.1 Å². The Labute approximate surface area is 172 Å². The van der Waals surface area contributed by atoms with Crippen LogP contribution < -0.4 is 14.8 Å². The van der Waals surface area contributed by atoms with Gasteiger partial charge < -0.3 is 19.3 Å². The first kappa shape index (κ1) is 20.8. The van der Waals surface area contributed by atoms with E-state index in [2.05, 4.69) is 15.3 Å². The molecule has 1 aromatic heterocycles. The summed E-state index contributed by atoms with van der Waals surface area (Å²) in [7, 11) is 3.23. The van der Waals surface area contributed by atoms with Crippen molar-refractivity contribution < 1.29 is 18.2 Å². The van der Waals surface area contributed by atoms with E-state index in [-0.39, 0.29) is 11.6 Å². The van der Waals surface area contributed by atoms with Gasteiger partial charge in [0.15, 0.2) is 0 Å². The average molecular weight is 412 g/mol. The minimum absolute atomic E-state index is 0.241. The summed E-state index contributed by atoms with van der Waals surface area (Å²) in [6, 6.07) is 17.1. The van der Waals surface area contributed by atoms with Gasteiger partial charge in [-0.25, -0.2) is 9.97 Å². The van der Waals surface area contributed by atoms with E-state index in [1.807, 2.05) is 48.5 Å². The predicted molar refractivity (Wildman–Crippen MR) is 112 cm³/mol. The number of anilines is 1. The summed E-state index contributed by atoms with van der Waals surface area (Å²) in [5.74, 6) is 2.09. The van der Waals surface area contributed by atoms with Crippen LogP contribution in [0.15, 0.2) is 54.6 Å². The van der Waals surface area contributed by atoms with Gasteiger partial charge in [-0.05, 0) is 47.3 Å². The molecule has 0 fully saturated rings. The van der Waals surface area contributed by atoms with E-state index < -0.39 is 11.1 Å². The number of hydrogen-bond acceptors (Lipinski definition) is 7. The summed E-state index contributed by atoms with van der Waals surface area (Å²) in [5, 5.41) is 3.26. The Morgan fingerprint density at radius 1 is 1.00 bits per heavy atom. The molecule has 0 aliphatic heterocycles. The standard InChI is InChI=1S/C21H23N3O4S/c1-27-17-8-6-15(7-9-17)10-11-22-20-13-19(23-21(24-20)14-29(25)26)16-4-3-5-18(12-16)28-2/h3-9,12-13H,10-11,14H2,1-2H3,(H,25,26)(H,22,23,24)/p-1. The number of nitrogens with zero attached hydrogens (tertiary/aromatic N) is 2. The van der Waals surface area contributed by atoms with E-state index in [9.17, 15) is 8.76 Å². The normalized spacial score (nSPS) is 11.7. The molecule has 1 heterocycles. The topological polar surface area (TPSA) is 96.4 Å². The zero-order valence-corrected chi connectivity index (χ0v) is 17.1. The van der Waals surface area contributed by atoms with Crippen molar-refractivity contribution in [2.45, 2.75) is 12.2 Å². The highest BCUT2D eigenvalue weighted by Gasteiger charge is 2.08. The number of nitrogens with one attached hydrogen (secondary N) is 1. The highest BCUT2D eigenvalue weighted by atomic mass is 32.2. The van der Waals surface area contributed by atoms with E-state index in [4.69, 9.17) is 9.47 Å². The maximum Gasteiger partial charge on any atom is 0.142 e. The number of hydrogen-bond donors (Lipinski definition) is 1. The van der Waals surface area contributed by atoms with Crippen molar-refractivity contribution in [2.24, 2.45) is 0 Å². The highest BCUT2D eigenvalue weighted by Crippen LogP contribution is 2.24. The zero-order chi connectivity index (χ0) is 20.6. The fourth-order valence-corrected chi connectivity index (χ4v) is 3.15. The van der Waals surface area contributed by atoms with Gasteiger partial charge in [0.25, 0.3) is 0 Å². The summed E-state index contributed by atoms with van der Waals surface area (Å²) in [6.07, 6.45) is 0.783. The van der Waals surface area contributed by atoms with Crippen molar-refractivity contribution in [3.8, 4) is 22.8 Å². The summed E-state index contributed by atoms with van der Waals surface area (Å²) in [5.41, 5.74) is 2.61. The largest absolute Gasteiger partial charge is 0.772 e. The van der Waals surface area contributed by atoms with Gasteiger partial charge in [-0.2, -0.15) is 0 Å². The first-order valence-corrected chi connectivity index (χ1v) is 10.3. The van der Waals surface area contributed by atoms with Gasteiger partial charge in [-0.15, -0.1) is 0 Å². The molecule has 0 saturated heterocycles. The SMILES string of the molecule is COc1ccc(CCNc2cc(-c3cccc(OC)c3)nc(CS(=O)[O-])n2)cc1. The smallest absolute Gasteiger partial charge is 0.142 e. The minimum atomic E-state index is -2.27. The van der Waals surface area contributed by atoms with Crippen LogP contribution in [-0.4, -0.2) is 39.5 Å². The predicted octanol–water partition coefficient (Wildman–Crippen LogP) is 3.19. The number of methoxy groups -OCH3 is 2. The van der Waals surface area contributed by atoms with E-state index >= 15 is 0 Å². The summed E-state index contributed by atoms with van der Waals surface area (Å²) in [6.45, 7) is 0.640. The molecule has 0 radical (unpaired) electrons. The average Bonchev–Trinajstić information content (AvgIpc) is 2.73. The highest BCUT2D eigenvalue weighted by molar-refractivity contribution is 7.78. The van der Waals surface area contributed by atoms with E-state index in [0.29, 0.717) is 23.8 Å². The lowest BCUT2D eigenvalue weighted by Gasteiger charge is -2.12. The van der Waals surface area contributed by atoms with Crippen LogP contribution in [0.2, 0.25) is 0 Å². The monoisotopic (exact) mass is 412 g/mol. The van der Waals surface area contributed by atoms with Crippen molar-refractivity contribution in [3.63, 3.8) is 0 Å². The Bertz CT molecular complexity index is 980. The van der Waals surface area contributed by atoms with Crippen LogP contribution in [-0.2, 0) is 23.3 Å². The quantitative estimate of drug-likeness (QED) is 0.539. The van der Waals surface area contributed by atoms with Crippen molar-refractivity contribution in [1.29, 1.82) is 0 Å². The Balaban J connectivity index is 1.78. The lowest BCUT2D eigenvalue weighted by atomic mass is 10.1. The Morgan fingerprint density at radius 2 is 1.76 bits per heavy atom. The van der Waals surface area contributed by atoms with Crippen LogP contribution in [0.4, 0.5) is 5.82 Å². The molecule has 0 aliphatic carbocycles. The third-order valence-corrected chi connectivity index (χ3v) is 4.76. The molecule has 0 saturated carbocycles. The van der Waals surface area contributed by atoms with Gasteiger partial charge in [-0.3, -0.25) is 4.21 Å². The van der Waals surface area contributed by atoms with Gasteiger partial charge in [0, 0.05) is 18.2 Å². The Kier molecular flexibility index (Phi) is 7.15. The van der Waals surface area contributed by atoms with Gasteiger partial charge in [0.2, 0.25) is 0 Å². The molecule has 1 atom stereocenters. The van der Waals surface area contributed by atoms with Gasteiger partial charge in [-0.1, -0.05) is 24.3 Å². The lowest BCUT2D eigenvalue weighted by molar-refractivity contribution is 0.414. The van der Waals surface area contributed by atoms with Crippen LogP contribution in [0.1, 0.15) is 11.4 Å². The second kappa shape index (κ2) is 9.99. The molecule has 1 N–H and O–H groups in total. The molecule has 0 amide bonds. The van der Waals surface area contributed by atoms with Gasteiger partial charge in [0.1, 0.15) is 23.1 Å². The molecule has 3 rings (SSSR count). The molecule has 0 spiro atoms. The summed E-state index contributed by atoms with van der Waals surface area (Å²) < 4.78 is 32.7. The Morgan fingerprint density at radius 3 is 2.45 bits per heavy atom. The summed E-state index contributed by atoms with van der Waals surface area (Å²) >= 11 is -2.27. The van der Waals surface area contributed by atoms with E-state index in [1.165, 1.54) is 0 Å². The number of rotatable bonds is 9. The molecule has 3 aromatic rings. The summed E-state index contributed by atoms with van der Waals surface area (Å²) in [4.78, 5) is 8.72. The lowest BCUT2D eigenvalue weighted by Crippen LogP contribution is -2.10. The van der Waals surface area contributed by atoms with Crippen LogP contribution in [0.5, 0.6) is 11.5 Å². The van der Waals surface area contributed by atoms with Gasteiger partial charge >= 0.3 is 0 Å². The second-order valence-electron chi connectivity index (χ2n) is 6.26. The molecule has 0 bridgehead atoms. The molecular formula is C21H22N3O4S-. The molecule has 8 heteroatoms. The van der Waals surface area contributed by atoms with Crippen molar-refractivity contribution in [1.82, 2.24) is 9.97 Å². The van der Waals surface area contributed by atoms with Crippen molar-refractivity contribution in [3.05, 3.63) is 66.0 Å². The first-order valence-electron chi connectivity index (χ1n) is 9.02. The maximum absolute atomic E-state index is 11.1. The molecule has 29 heavy (non-hydrogen) atoms. The van der Waals surface area contributed by atoms with Gasteiger partial charge in [0.05, 0.1) is 25.7 Å². The fourth-order valence-electron chi connectivity index (χ4n) is 2.82. The van der Waals surface area contributed by atoms with E-state index in [0.717, 1.165) is 23.3 Å². The molecule has 2 aromatic carbocycles. The van der Waals surface area contributed by atoms with Crippen LogP contribution >= 0.6 is 0 Å². The zero-order valence-electron chi connectivity index (χ0n) is 16.3. The molecular weight excluding hydrogens is 390 g/mol. The number of benzene rings is 2. The van der Waals surface area contributed by atoms with E-state index in [1.54, 1.807) is 20.3 Å². The first-order chi connectivity index (χ1) is 14.1. The van der Waals surface area contributed by atoms with Crippen LogP contribution in [0.25, 0.3) is 11.3 Å². The number of aromatic nitrogens is 2.